The quantitative estimate of drug-likeness (QED) is 0.444. The molecule has 1 N–H and O–H groups in total. The SMILES string of the molecule is CCOC(=O)c1ccc(NCc2ccc(OCc3ccc(Cl)cc3)c(OC)c2)cc1. The van der Waals surface area contributed by atoms with E-state index in [9.17, 15) is 4.79 Å². The number of methoxy groups -OCH3 is 1. The summed E-state index contributed by atoms with van der Waals surface area (Å²) in [5.74, 6) is 1.03. The highest BCUT2D eigenvalue weighted by atomic mass is 35.5. The van der Waals surface area contributed by atoms with Crippen LogP contribution < -0.4 is 14.8 Å². The fourth-order valence-electron chi connectivity index (χ4n) is 2.83. The van der Waals surface area contributed by atoms with Crippen LogP contribution in [0.4, 0.5) is 5.69 Å². The number of carbonyl (C=O) groups excluding carboxylic acids is 1. The first kappa shape index (κ1) is 21.5. The van der Waals surface area contributed by atoms with Crippen LogP contribution >= 0.6 is 11.6 Å². The first-order chi connectivity index (χ1) is 14.6. The van der Waals surface area contributed by atoms with Crippen molar-refractivity contribution in [3.8, 4) is 11.5 Å². The maximum absolute atomic E-state index is 11.7. The molecule has 0 heterocycles. The largest absolute Gasteiger partial charge is 0.493 e. The van der Waals surface area contributed by atoms with Crippen molar-refractivity contribution in [1.29, 1.82) is 0 Å². The van der Waals surface area contributed by atoms with Crippen LogP contribution in [0.3, 0.4) is 0 Å². The summed E-state index contributed by atoms with van der Waals surface area (Å²) in [6.07, 6.45) is 0. The lowest BCUT2D eigenvalue weighted by Gasteiger charge is -2.13. The van der Waals surface area contributed by atoms with Crippen LogP contribution in [0.2, 0.25) is 5.02 Å². The van der Waals surface area contributed by atoms with Gasteiger partial charge in [0.1, 0.15) is 6.61 Å². The van der Waals surface area contributed by atoms with Gasteiger partial charge in [-0.15, -0.1) is 0 Å². The van der Waals surface area contributed by atoms with Crippen molar-refractivity contribution in [1.82, 2.24) is 0 Å². The number of carbonyl (C=O) groups is 1. The Morgan fingerprint density at radius 2 is 1.63 bits per heavy atom. The molecule has 0 saturated carbocycles. The summed E-state index contributed by atoms with van der Waals surface area (Å²) in [5, 5.41) is 4.03. The third-order valence-electron chi connectivity index (χ3n) is 4.43. The minimum Gasteiger partial charge on any atom is -0.493 e. The second kappa shape index (κ2) is 10.6. The molecule has 5 nitrogen and oxygen atoms in total. The van der Waals surface area contributed by atoms with E-state index in [-0.39, 0.29) is 5.97 Å². The summed E-state index contributed by atoms with van der Waals surface area (Å²) in [6, 6.07) is 20.6. The van der Waals surface area contributed by atoms with E-state index in [4.69, 9.17) is 25.8 Å². The average Bonchev–Trinajstić information content (AvgIpc) is 2.78. The molecule has 3 rings (SSSR count). The lowest BCUT2D eigenvalue weighted by Crippen LogP contribution is -2.05. The first-order valence-corrected chi connectivity index (χ1v) is 10.0. The van der Waals surface area contributed by atoms with Gasteiger partial charge in [0.2, 0.25) is 0 Å². The van der Waals surface area contributed by atoms with E-state index >= 15 is 0 Å². The second-order valence-electron chi connectivity index (χ2n) is 6.55. The Hall–Kier alpha value is -3.18. The summed E-state index contributed by atoms with van der Waals surface area (Å²) in [7, 11) is 1.62. The third-order valence-corrected chi connectivity index (χ3v) is 4.68. The molecule has 0 aliphatic heterocycles. The van der Waals surface area contributed by atoms with E-state index in [1.165, 1.54) is 0 Å². The van der Waals surface area contributed by atoms with Crippen molar-refractivity contribution in [3.63, 3.8) is 0 Å². The molecule has 156 valence electrons. The number of hydrogen-bond acceptors (Lipinski definition) is 5. The predicted octanol–water partition coefficient (Wildman–Crippen LogP) is 5.72. The molecule has 0 spiro atoms. The number of hydrogen-bond donors (Lipinski definition) is 1. The number of anilines is 1. The van der Waals surface area contributed by atoms with Crippen molar-refractivity contribution in [2.24, 2.45) is 0 Å². The molecular weight excluding hydrogens is 402 g/mol. The maximum Gasteiger partial charge on any atom is 0.338 e. The van der Waals surface area contributed by atoms with Gasteiger partial charge < -0.3 is 19.5 Å². The molecule has 0 aromatic heterocycles. The van der Waals surface area contributed by atoms with Crippen LogP contribution in [0.5, 0.6) is 11.5 Å². The van der Waals surface area contributed by atoms with Gasteiger partial charge in [0.05, 0.1) is 19.3 Å². The van der Waals surface area contributed by atoms with Gasteiger partial charge in [0.15, 0.2) is 11.5 Å². The summed E-state index contributed by atoms with van der Waals surface area (Å²) < 4.78 is 16.4. The number of benzene rings is 3. The van der Waals surface area contributed by atoms with E-state index < -0.39 is 0 Å². The van der Waals surface area contributed by atoms with Crippen LogP contribution in [-0.4, -0.2) is 19.7 Å². The second-order valence-corrected chi connectivity index (χ2v) is 6.99. The van der Waals surface area contributed by atoms with Gasteiger partial charge in [-0.3, -0.25) is 0 Å². The smallest absolute Gasteiger partial charge is 0.338 e. The summed E-state index contributed by atoms with van der Waals surface area (Å²) >= 11 is 5.91. The van der Waals surface area contributed by atoms with E-state index in [1.54, 1.807) is 26.2 Å². The zero-order valence-electron chi connectivity index (χ0n) is 17.0. The summed E-state index contributed by atoms with van der Waals surface area (Å²) in [4.78, 5) is 11.7. The summed E-state index contributed by atoms with van der Waals surface area (Å²) in [5.41, 5.74) is 3.51. The normalized spacial score (nSPS) is 10.4. The monoisotopic (exact) mass is 425 g/mol. The van der Waals surface area contributed by atoms with Gasteiger partial charge in [-0.2, -0.15) is 0 Å². The Kier molecular flexibility index (Phi) is 7.57. The molecule has 0 unspecified atom stereocenters. The fourth-order valence-corrected chi connectivity index (χ4v) is 2.95. The maximum atomic E-state index is 11.7. The van der Waals surface area contributed by atoms with Gasteiger partial charge in [-0.25, -0.2) is 4.79 Å². The molecule has 0 radical (unpaired) electrons. The zero-order chi connectivity index (χ0) is 21.3. The highest BCUT2D eigenvalue weighted by Crippen LogP contribution is 2.29. The number of ether oxygens (including phenoxy) is 3. The Balaban J connectivity index is 1.59. The van der Waals surface area contributed by atoms with Gasteiger partial charge in [-0.05, 0) is 66.6 Å². The topological polar surface area (TPSA) is 56.8 Å². The number of rotatable bonds is 9. The van der Waals surface area contributed by atoms with Gasteiger partial charge >= 0.3 is 5.97 Å². The average molecular weight is 426 g/mol. The Bertz CT molecular complexity index is 972. The van der Waals surface area contributed by atoms with Crippen LogP contribution in [0.25, 0.3) is 0 Å². The first-order valence-electron chi connectivity index (χ1n) is 9.64. The van der Waals surface area contributed by atoms with Crippen molar-refractivity contribution < 1.29 is 19.0 Å². The zero-order valence-corrected chi connectivity index (χ0v) is 17.7. The number of halogens is 1. The molecule has 3 aromatic carbocycles. The van der Waals surface area contributed by atoms with E-state index in [2.05, 4.69) is 5.32 Å². The minimum absolute atomic E-state index is 0.317. The van der Waals surface area contributed by atoms with Crippen LogP contribution in [-0.2, 0) is 17.9 Å². The number of esters is 1. The molecule has 3 aromatic rings. The highest BCUT2D eigenvalue weighted by molar-refractivity contribution is 6.30. The fraction of sp³-hybridized carbons (Fsp3) is 0.208. The Labute approximate surface area is 181 Å². The molecule has 30 heavy (non-hydrogen) atoms. The highest BCUT2D eigenvalue weighted by Gasteiger charge is 2.08. The van der Waals surface area contributed by atoms with Gasteiger partial charge in [-0.1, -0.05) is 29.8 Å². The van der Waals surface area contributed by atoms with Gasteiger partial charge in [0.25, 0.3) is 0 Å². The number of nitrogens with one attached hydrogen (secondary N) is 1. The van der Waals surface area contributed by atoms with Gasteiger partial charge in [0, 0.05) is 17.3 Å². The van der Waals surface area contributed by atoms with Crippen molar-refractivity contribution in [2.45, 2.75) is 20.1 Å². The minimum atomic E-state index is -0.317. The molecule has 0 aliphatic carbocycles. The molecule has 6 heteroatoms. The van der Waals surface area contributed by atoms with E-state index in [1.807, 2.05) is 54.6 Å². The summed E-state index contributed by atoms with van der Waals surface area (Å²) in [6.45, 7) is 3.18. The molecule has 0 atom stereocenters. The molecule has 0 fully saturated rings. The molecule has 0 saturated heterocycles. The molecular formula is C24H24ClNO4. The lowest BCUT2D eigenvalue weighted by molar-refractivity contribution is 0.0526. The Morgan fingerprint density at radius 3 is 2.30 bits per heavy atom. The van der Waals surface area contributed by atoms with Crippen LogP contribution in [0, 0.1) is 0 Å². The van der Waals surface area contributed by atoms with Crippen LogP contribution in [0.1, 0.15) is 28.4 Å². The van der Waals surface area contributed by atoms with E-state index in [0.29, 0.717) is 41.8 Å². The third kappa shape index (κ3) is 5.91. The molecule has 0 amide bonds. The molecule has 0 bridgehead atoms. The van der Waals surface area contributed by atoms with Crippen LogP contribution in [0.15, 0.2) is 66.7 Å². The lowest BCUT2D eigenvalue weighted by atomic mass is 10.1. The van der Waals surface area contributed by atoms with Crippen molar-refractivity contribution in [3.05, 3.63) is 88.4 Å². The predicted molar refractivity (Wildman–Crippen MR) is 119 cm³/mol. The standard InChI is InChI=1S/C24H24ClNO4/c1-3-29-24(27)19-7-11-21(12-8-19)26-15-18-6-13-22(23(14-18)28-2)30-16-17-4-9-20(25)10-5-17/h4-14,26H,3,15-16H2,1-2H3. The molecule has 0 aliphatic rings. The van der Waals surface area contributed by atoms with Crippen molar-refractivity contribution in [2.75, 3.05) is 19.0 Å². The van der Waals surface area contributed by atoms with E-state index in [0.717, 1.165) is 16.8 Å². The Morgan fingerprint density at radius 1 is 0.933 bits per heavy atom. The van der Waals surface area contributed by atoms with Crippen molar-refractivity contribution >= 4 is 23.3 Å².